The predicted octanol–water partition coefficient (Wildman–Crippen LogP) is 2.05. The number of aromatic amines is 1. The van der Waals surface area contributed by atoms with Crippen LogP contribution in [0.25, 0.3) is 11.3 Å². The smallest absolute Gasteiger partial charge is 0.304 e. The summed E-state index contributed by atoms with van der Waals surface area (Å²) in [6.07, 6.45) is 0. The monoisotopic (exact) mass is 362 g/mol. The number of rotatable bonds is 5. The Kier molecular flexibility index (Phi) is 4.33. The van der Waals surface area contributed by atoms with E-state index in [9.17, 15) is 4.79 Å². The van der Waals surface area contributed by atoms with Gasteiger partial charge in [-0.25, -0.2) is 0 Å². The molecule has 0 saturated carbocycles. The van der Waals surface area contributed by atoms with Gasteiger partial charge in [-0.2, -0.15) is 15.2 Å². The summed E-state index contributed by atoms with van der Waals surface area (Å²) in [5, 5.41) is 7.02. The molecule has 0 spiro atoms. The van der Waals surface area contributed by atoms with Gasteiger partial charge in [-0.1, -0.05) is 18.2 Å². The molecule has 0 unspecified atom stereocenters. The van der Waals surface area contributed by atoms with Gasteiger partial charge in [-0.15, -0.1) is 0 Å². The number of H-pyrrole nitrogens is 1. The molecule has 1 aliphatic rings. The van der Waals surface area contributed by atoms with Crippen LogP contribution in [0.5, 0.6) is 5.75 Å². The Morgan fingerprint density at radius 3 is 2.78 bits per heavy atom. The van der Waals surface area contributed by atoms with Crippen molar-refractivity contribution in [1.29, 1.82) is 0 Å². The molecule has 27 heavy (non-hydrogen) atoms. The van der Waals surface area contributed by atoms with E-state index in [-0.39, 0.29) is 5.91 Å². The van der Waals surface area contributed by atoms with Gasteiger partial charge in [-0.3, -0.25) is 15.6 Å². The highest BCUT2D eigenvalue weighted by molar-refractivity contribution is 5.97. The summed E-state index contributed by atoms with van der Waals surface area (Å²) in [4.78, 5) is 12.6. The van der Waals surface area contributed by atoms with Crippen LogP contribution >= 0.6 is 0 Å². The van der Waals surface area contributed by atoms with Crippen LogP contribution in [0, 0.1) is 0 Å². The molecule has 0 bridgehead atoms. The van der Waals surface area contributed by atoms with Crippen LogP contribution in [-0.4, -0.2) is 33.2 Å². The van der Waals surface area contributed by atoms with Crippen LogP contribution in [0.4, 0.5) is 0 Å². The average Bonchev–Trinajstić information content (AvgIpc) is 3.29. The first kappa shape index (κ1) is 16.8. The lowest BCUT2D eigenvalue weighted by Gasteiger charge is -2.03. The summed E-state index contributed by atoms with van der Waals surface area (Å²) in [6.45, 7) is 3.09. The van der Waals surface area contributed by atoms with Gasteiger partial charge in [0, 0.05) is 11.1 Å². The lowest BCUT2D eigenvalue weighted by Crippen LogP contribution is -2.38. The number of amidine groups is 1. The number of hydrazone groups is 1. The van der Waals surface area contributed by atoms with E-state index in [2.05, 4.69) is 15.6 Å². The Balaban J connectivity index is 1.49. The van der Waals surface area contributed by atoms with Crippen LogP contribution in [0.3, 0.4) is 0 Å². The second kappa shape index (κ2) is 6.95. The van der Waals surface area contributed by atoms with Gasteiger partial charge < -0.3 is 4.74 Å². The number of ether oxygens (including phenoxy) is 1. The lowest BCUT2D eigenvalue weighted by molar-refractivity contribution is -0.584. The normalized spacial score (nSPS) is 12.8. The van der Waals surface area contributed by atoms with Crippen LogP contribution in [0.15, 0.2) is 54.6 Å². The van der Waals surface area contributed by atoms with Gasteiger partial charge in [0.15, 0.2) is 0 Å². The Labute approximate surface area is 156 Å². The van der Waals surface area contributed by atoms with Crippen LogP contribution in [0.1, 0.15) is 28.5 Å². The number of nitrogens with zero attached hydrogens (tertiary/aromatic N) is 2. The molecule has 0 saturated heterocycles. The number of hydrazine groups is 1. The third-order valence-electron chi connectivity index (χ3n) is 4.43. The zero-order valence-electron chi connectivity index (χ0n) is 14.9. The summed E-state index contributed by atoms with van der Waals surface area (Å²) in [5.74, 6) is 1.04. The summed E-state index contributed by atoms with van der Waals surface area (Å²) in [6, 6.07) is 17.1. The first-order valence-corrected chi connectivity index (χ1v) is 8.73. The molecule has 2 aromatic carbocycles. The molecule has 0 fully saturated rings. The minimum absolute atomic E-state index is 0.296. The SMILES string of the molecule is CCOc1ccc(-c2cc(C(=O)N[N+]3=C(N)c4ccccc4C3)[nH]n2)cc1. The molecule has 1 aliphatic heterocycles. The van der Waals surface area contributed by atoms with Crippen molar-refractivity contribution in [2.24, 2.45) is 5.73 Å². The maximum Gasteiger partial charge on any atom is 0.304 e. The van der Waals surface area contributed by atoms with E-state index in [1.165, 1.54) is 0 Å². The lowest BCUT2D eigenvalue weighted by atomic mass is 10.1. The first-order valence-electron chi connectivity index (χ1n) is 8.73. The molecule has 1 amide bonds. The van der Waals surface area contributed by atoms with Gasteiger partial charge in [0.25, 0.3) is 5.84 Å². The molecular formula is C20H20N5O2+. The zero-order valence-corrected chi connectivity index (χ0v) is 14.9. The number of aromatic nitrogens is 2. The topological polar surface area (TPSA) is 96.0 Å². The maximum absolute atomic E-state index is 12.6. The predicted molar refractivity (Wildman–Crippen MR) is 101 cm³/mol. The molecule has 136 valence electrons. The Morgan fingerprint density at radius 2 is 2.04 bits per heavy atom. The van der Waals surface area contributed by atoms with Crippen molar-refractivity contribution in [3.63, 3.8) is 0 Å². The highest BCUT2D eigenvalue weighted by atomic mass is 16.5. The number of hydrogen-bond donors (Lipinski definition) is 3. The molecule has 0 aliphatic carbocycles. The van der Waals surface area contributed by atoms with Crippen molar-refractivity contribution < 1.29 is 14.2 Å². The number of nitrogens with one attached hydrogen (secondary N) is 2. The molecule has 4 N–H and O–H groups in total. The number of carbonyl (C=O) groups is 1. The summed E-state index contributed by atoms with van der Waals surface area (Å²) in [5.41, 5.74) is 12.9. The van der Waals surface area contributed by atoms with E-state index < -0.39 is 0 Å². The van der Waals surface area contributed by atoms with Crippen LogP contribution in [0.2, 0.25) is 0 Å². The molecular weight excluding hydrogens is 342 g/mol. The van der Waals surface area contributed by atoms with E-state index in [1.807, 2.05) is 55.5 Å². The highest BCUT2D eigenvalue weighted by Gasteiger charge is 2.26. The standard InChI is InChI=1S/C20H19N5O2/c1-2-27-15-9-7-13(8-10-15)17-11-18(23-22-17)20(26)24-25-12-14-5-3-4-6-16(14)19(25)21/h3-11,21H,2,12H2,1H3,(H2,22,23,24,26)/p+1. The Morgan fingerprint density at radius 1 is 1.26 bits per heavy atom. The number of fused-ring (bicyclic) bond motifs is 1. The number of nitrogens with two attached hydrogens (primary N) is 1. The summed E-state index contributed by atoms with van der Waals surface area (Å²) in [7, 11) is 0. The molecule has 7 nitrogen and oxygen atoms in total. The van der Waals surface area contributed by atoms with Gasteiger partial charge in [-0.05, 0) is 43.3 Å². The molecule has 0 radical (unpaired) electrons. The highest BCUT2D eigenvalue weighted by Crippen LogP contribution is 2.21. The van der Waals surface area contributed by atoms with E-state index in [0.717, 1.165) is 22.4 Å². The Bertz CT molecular complexity index is 1020. The minimum Gasteiger partial charge on any atom is -0.494 e. The minimum atomic E-state index is -0.296. The van der Waals surface area contributed by atoms with Crippen molar-refractivity contribution in [2.45, 2.75) is 13.5 Å². The zero-order chi connectivity index (χ0) is 18.8. The van der Waals surface area contributed by atoms with E-state index >= 15 is 0 Å². The maximum atomic E-state index is 12.6. The van der Waals surface area contributed by atoms with Crippen molar-refractivity contribution in [2.75, 3.05) is 6.61 Å². The van der Waals surface area contributed by atoms with Crippen molar-refractivity contribution in [3.05, 3.63) is 71.4 Å². The van der Waals surface area contributed by atoms with Gasteiger partial charge in [0.2, 0.25) is 0 Å². The number of benzene rings is 2. The second-order valence-electron chi connectivity index (χ2n) is 6.19. The molecule has 2 heterocycles. The summed E-state index contributed by atoms with van der Waals surface area (Å²) < 4.78 is 7.08. The largest absolute Gasteiger partial charge is 0.494 e. The van der Waals surface area contributed by atoms with Crippen LogP contribution in [-0.2, 0) is 6.54 Å². The fraction of sp³-hybridized carbons (Fsp3) is 0.150. The van der Waals surface area contributed by atoms with Crippen molar-refractivity contribution >= 4 is 11.7 Å². The van der Waals surface area contributed by atoms with E-state index in [4.69, 9.17) is 10.5 Å². The fourth-order valence-corrected chi connectivity index (χ4v) is 3.07. The van der Waals surface area contributed by atoms with Crippen molar-refractivity contribution in [1.82, 2.24) is 15.6 Å². The fourth-order valence-electron chi connectivity index (χ4n) is 3.07. The molecule has 4 rings (SSSR count). The van der Waals surface area contributed by atoms with E-state index in [1.54, 1.807) is 10.8 Å². The molecule has 0 atom stereocenters. The number of hydrogen-bond acceptors (Lipinski definition) is 4. The van der Waals surface area contributed by atoms with Crippen molar-refractivity contribution in [3.8, 4) is 17.0 Å². The first-order chi connectivity index (χ1) is 13.2. The molecule has 3 aromatic rings. The summed E-state index contributed by atoms with van der Waals surface area (Å²) >= 11 is 0. The van der Waals surface area contributed by atoms with Gasteiger partial charge >= 0.3 is 5.91 Å². The quantitative estimate of drug-likeness (QED) is 0.605. The van der Waals surface area contributed by atoms with Crippen LogP contribution < -0.4 is 15.9 Å². The third kappa shape index (κ3) is 3.27. The van der Waals surface area contributed by atoms with E-state index in [0.29, 0.717) is 30.4 Å². The Hall–Kier alpha value is -3.61. The second-order valence-corrected chi connectivity index (χ2v) is 6.19. The van der Waals surface area contributed by atoms with Gasteiger partial charge in [0.05, 0.1) is 17.9 Å². The third-order valence-corrected chi connectivity index (χ3v) is 4.43. The molecule has 7 heteroatoms. The number of amides is 1. The molecule has 1 aromatic heterocycles. The number of carbonyl (C=O) groups excluding carboxylic acids is 1. The average molecular weight is 362 g/mol. The van der Waals surface area contributed by atoms with Gasteiger partial charge in [0.1, 0.15) is 18.0 Å².